The summed E-state index contributed by atoms with van der Waals surface area (Å²) in [5.41, 5.74) is 3.37. The number of hydrogen-bond acceptors (Lipinski definition) is 2. The molecule has 0 saturated carbocycles. The maximum atomic E-state index is 13.5. The summed E-state index contributed by atoms with van der Waals surface area (Å²) < 4.78 is 13.5. The zero-order valence-electron chi connectivity index (χ0n) is 12.7. The van der Waals surface area contributed by atoms with Gasteiger partial charge in [-0.25, -0.2) is 4.39 Å². The fourth-order valence-electron chi connectivity index (χ4n) is 2.29. The lowest BCUT2D eigenvalue weighted by atomic mass is 10.1. The van der Waals surface area contributed by atoms with Crippen LogP contribution in [0.25, 0.3) is 0 Å². The van der Waals surface area contributed by atoms with E-state index in [1.807, 2.05) is 32.9 Å². The Balaban J connectivity index is 2.13. The number of aryl methyl sites for hydroxylation is 3. The smallest absolute Gasteiger partial charge is 0.314 e. The van der Waals surface area contributed by atoms with Crippen LogP contribution >= 0.6 is 0 Å². The molecule has 2 aromatic rings. The van der Waals surface area contributed by atoms with Crippen LogP contribution in [-0.2, 0) is 9.59 Å². The lowest BCUT2D eigenvalue weighted by molar-refractivity contribution is -0.133. The number of halogens is 1. The molecule has 0 aromatic heterocycles. The highest BCUT2D eigenvalue weighted by atomic mass is 19.1. The molecule has 0 fully saturated rings. The Morgan fingerprint density at radius 3 is 2.05 bits per heavy atom. The van der Waals surface area contributed by atoms with E-state index in [1.165, 1.54) is 18.2 Å². The Morgan fingerprint density at radius 2 is 1.45 bits per heavy atom. The summed E-state index contributed by atoms with van der Waals surface area (Å²) in [5.74, 6) is -2.34. The van der Waals surface area contributed by atoms with Gasteiger partial charge in [0.1, 0.15) is 5.82 Å². The fourth-order valence-corrected chi connectivity index (χ4v) is 2.29. The summed E-state index contributed by atoms with van der Waals surface area (Å²) >= 11 is 0. The first-order valence-electron chi connectivity index (χ1n) is 6.83. The molecule has 0 heterocycles. The summed E-state index contributed by atoms with van der Waals surface area (Å²) in [4.78, 5) is 23.8. The van der Waals surface area contributed by atoms with E-state index in [9.17, 15) is 14.0 Å². The molecular formula is C17H17FN2O2. The topological polar surface area (TPSA) is 58.2 Å². The molecule has 114 valence electrons. The average Bonchev–Trinajstić information content (AvgIpc) is 2.45. The molecule has 0 saturated heterocycles. The maximum absolute atomic E-state index is 13.5. The fraction of sp³-hybridized carbons (Fsp3) is 0.176. The molecule has 0 bridgehead atoms. The molecule has 22 heavy (non-hydrogen) atoms. The van der Waals surface area contributed by atoms with Crippen molar-refractivity contribution in [3.63, 3.8) is 0 Å². The van der Waals surface area contributed by atoms with E-state index in [0.29, 0.717) is 5.69 Å². The molecule has 2 rings (SSSR count). The van der Waals surface area contributed by atoms with Crippen molar-refractivity contribution >= 4 is 23.2 Å². The third kappa shape index (κ3) is 3.49. The Morgan fingerprint density at radius 1 is 0.909 bits per heavy atom. The van der Waals surface area contributed by atoms with Gasteiger partial charge in [-0.2, -0.15) is 0 Å². The summed E-state index contributed by atoms with van der Waals surface area (Å²) in [6.07, 6.45) is 0. The van der Waals surface area contributed by atoms with Crippen molar-refractivity contribution in [1.29, 1.82) is 0 Å². The van der Waals surface area contributed by atoms with Crippen LogP contribution in [0.4, 0.5) is 15.8 Å². The van der Waals surface area contributed by atoms with Gasteiger partial charge in [0.2, 0.25) is 0 Å². The molecule has 2 aromatic carbocycles. The number of rotatable bonds is 2. The Kier molecular flexibility index (Phi) is 4.56. The van der Waals surface area contributed by atoms with Crippen LogP contribution in [0, 0.1) is 26.6 Å². The number of para-hydroxylation sites is 1. The Labute approximate surface area is 128 Å². The van der Waals surface area contributed by atoms with Gasteiger partial charge in [-0.15, -0.1) is 0 Å². The molecule has 0 atom stereocenters. The van der Waals surface area contributed by atoms with Gasteiger partial charge in [-0.3, -0.25) is 9.59 Å². The maximum Gasteiger partial charge on any atom is 0.314 e. The normalized spacial score (nSPS) is 10.2. The van der Waals surface area contributed by atoms with Crippen LogP contribution < -0.4 is 10.6 Å². The zero-order chi connectivity index (χ0) is 16.3. The van der Waals surface area contributed by atoms with Crippen molar-refractivity contribution in [2.45, 2.75) is 20.8 Å². The summed E-state index contributed by atoms with van der Waals surface area (Å²) in [6.45, 7) is 5.66. The van der Waals surface area contributed by atoms with Gasteiger partial charge < -0.3 is 10.6 Å². The molecule has 0 aliphatic carbocycles. The van der Waals surface area contributed by atoms with Crippen LogP contribution in [0.3, 0.4) is 0 Å². The van der Waals surface area contributed by atoms with Crippen LogP contribution in [-0.4, -0.2) is 11.8 Å². The predicted octanol–water partition coefficient (Wildman–Crippen LogP) is 3.33. The monoisotopic (exact) mass is 300 g/mol. The lowest BCUT2D eigenvalue weighted by Gasteiger charge is -2.13. The van der Waals surface area contributed by atoms with Gasteiger partial charge in [-0.1, -0.05) is 29.8 Å². The standard InChI is InChI=1S/C17H17FN2O2/c1-10-8-11(2)15(12(3)9-10)20-17(22)16(21)19-14-7-5-4-6-13(14)18/h4-9H,1-3H3,(H,19,21)(H,20,22). The largest absolute Gasteiger partial charge is 0.317 e. The van der Waals surface area contributed by atoms with E-state index in [1.54, 1.807) is 6.07 Å². The van der Waals surface area contributed by atoms with Crippen molar-refractivity contribution in [3.8, 4) is 0 Å². The highest BCUT2D eigenvalue weighted by Crippen LogP contribution is 2.22. The van der Waals surface area contributed by atoms with E-state index in [-0.39, 0.29) is 5.69 Å². The van der Waals surface area contributed by atoms with Crippen molar-refractivity contribution < 1.29 is 14.0 Å². The van der Waals surface area contributed by atoms with Crippen LogP contribution in [0.15, 0.2) is 36.4 Å². The molecule has 0 aliphatic rings. The number of nitrogens with one attached hydrogen (secondary N) is 2. The zero-order valence-corrected chi connectivity index (χ0v) is 12.7. The number of anilines is 2. The third-order valence-electron chi connectivity index (χ3n) is 3.24. The third-order valence-corrected chi connectivity index (χ3v) is 3.24. The Bertz CT molecular complexity index is 718. The first-order valence-corrected chi connectivity index (χ1v) is 6.83. The molecule has 4 nitrogen and oxygen atoms in total. The molecule has 2 amide bonds. The highest BCUT2D eigenvalue weighted by Gasteiger charge is 2.17. The van der Waals surface area contributed by atoms with Crippen molar-refractivity contribution in [1.82, 2.24) is 0 Å². The SMILES string of the molecule is Cc1cc(C)c(NC(=O)C(=O)Nc2ccccc2F)c(C)c1. The molecule has 0 aliphatic heterocycles. The number of benzene rings is 2. The first-order chi connectivity index (χ1) is 10.4. The average molecular weight is 300 g/mol. The number of carbonyl (C=O) groups excluding carboxylic acids is 2. The van der Waals surface area contributed by atoms with Crippen LogP contribution in [0.1, 0.15) is 16.7 Å². The van der Waals surface area contributed by atoms with Crippen LogP contribution in [0.5, 0.6) is 0 Å². The number of carbonyl (C=O) groups is 2. The van der Waals surface area contributed by atoms with E-state index in [2.05, 4.69) is 10.6 Å². The van der Waals surface area contributed by atoms with Crippen molar-refractivity contribution in [2.24, 2.45) is 0 Å². The van der Waals surface area contributed by atoms with Gasteiger partial charge in [-0.05, 0) is 44.0 Å². The van der Waals surface area contributed by atoms with Gasteiger partial charge in [0.05, 0.1) is 5.69 Å². The minimum Gasteiger partial charge on any atom is -0.317 e. The molecular weight excluding hydrogens is 283 g/mol. The van der Waals surface area contributed by atoms with Gasteiger partial charge in [0.15, 0.2) is 0 Å². The molecule has 5 heteroatoms. The summed E-state index contributed by atoms with van der Waals surface area (Å²) in [7, 11) is 0. The van der Waals surface area contributed by atoms with Gasteiger partial charge in [0, 0.05) is 5.69 Å². The van der Waals surface area contributed by atoms with Gasteiger partial charge >= 0.3 is 11.8 Å². The van der Waals surface area contributed by atoms with Crippen LogP contribution in [0.2, 0.25) is 0 Å². The summed E-state index contributed by atoms with van der Waals surface area (Å²) in [6, 6.07) is 9.51. The van der Waals surface area contributed by atoms with E-state index >= 15 is 0 Å². The summed E-state index contributed by atoms with van der Waals surface area (Å²) in [5, 5.41) is 4.83. The number of hydrogen-bond donors (Lipinski definition) is 2. The molecule has 2 N–H and O–H groups in total. The second-order valence-electron chi connectivity index (χ2n) is 5.16. The molecule has 0 spiro atoms. The molecule has 0 unspecified atom stereocenters. The van der Waals surface area contributed by atoms with E-state index < -0.39 is 17.6 Å². The predicted molar refractivity (Wildman–Crippen MR) is 84.3 cm³/mol. The first kappa shape index (κ1) is 15.7. The van der Waals surface area contributed by atoms with Crippen molar-refractivity contribution in [3.05, 3.63) is 58.9 Å². The Hall–Kier alpha value is -2.69. The van der Waals surface area contributed by atoms with E-state index in [4.69, 9.17) is 0 Å². The lowest BCUT2D eigenvalue weighted by Crippen LogP contribution is -2.30. The van der Waals surface area contributed by atoms with Crippen molar-refractivity contribution in [2.75, 3.05) is 10.6 Å². The minimum absolute atomic E-state index is 0.0278. The van der Waals surface area contributed by atoms with E-state index in [0.717, 1.165) is 16.7 Å². The second kappa shape index (κ2) is 6.39. The molecule has 0 radical (unpaired) electrons. The minimum atomic E-state index is -0.913. The highest BCUT2D eigenvalue weighted by molar-refractivity contribution is 6.43. The second-order valence-corrected chi connectivity index (χ2v) is 5.16. The quantitative estimate of drug-likeness (QED) is 0.836. The van der Waals surface area contributed by atoms with Gasteiger partial charge in [0.25, 0.3) is 0 Å². The number of amides is 2.